The summed E-state index contributed by atoms with van der Waals surface area (Å²) in [6, 6.07) is 16.0. The van der Waals surface area contributed by atoms with Crippen LogP contribution in [0, 0.1) is 6.92 Å². The zero-order chi connectivity index (χ0) is 16.9. The maximum Gasteiger partial charge on any atom is 0.190 e. The van der Waals surface area contributed by atoms with E-state index in [4.69, 9.17) is 9.73 Å². The van der Waals surface area contributed by atoms with Gasteiger partial charge in [-0.1, -0.05) is 42.0 Å². The monoisotopic (exact) mass is 340 g/mol. The van der Waals surface area contributed by atoms with Crippen molar-refractivity contribution >= 4 is 17.0 Å². The maximum atomic E-state index is 9.46. The number of aliphatic hydroxyl groups excluding tert-OH is 1. The van der Waals surface area contributed by atoms with Crippen LogP contribution in [0.2, 0.25) is 0 Å². The van der Waals surface area contributed by atoms with Gasteiger partial charge in [0, 0.05) is 11.9 Å². The third-order valence-electron chi connectivity index (χ3n) is 3.77. The van der Waals surface area contributed by atoms with Gasteiger partial charge in [0.2, 0.25) is 0 Å². The molecule has 0 aliphatic rings. The van der Waals surface area contributed by atoms with Gasteiger partial charge >= 0.3 is 0 Å². The highest BCUT2D eigenvalue weighted by atomic mass is 32.1. The summed E-state index contributed by atoms with van der Waals surface area (Å²) in [6.45, 7) is 2.64. The SMILES string of the molecule is COc1ccccc1N=c1scc(-c2ccc(C)cc2)n1CCO. The van der Waals surface area contributed by atoms with Crippen molar-refractivity contribution in [1.82, 2.24) is 4.57 Å². The van der Waals surface area contributed by atoms with Crippen molar-refractivity contribution in [1.29, 1.82) is 0 Å². The van der Waals surface area contributed by atoms with Gasteiger partial charge < -0.3 is 14.4 Å². The highest BCUT2D eigenvalue weighted by Gasteiger charge is 2.08. The molecule has 3 aromatic rings. The molecule has 0 atom stereocenters. The smallest absolute Gasteiger partial charge is 0.190 e. The predicted molar refractivity (Wildman–Crippen MR) is 97.8 cm³/mol. The van der Waals surface area contributed by atoms with Gasteiger partial charge in [-0.05, 0) is 24.6 Å². The highest BCUT2D eigenvalue weighted by Crippen LogP contribution is 2.26. The van der Waals surface area contributed by atoms with E-state index >= 15 is 0 Å². The first-order valence-corrected chi connectivity index (χ1v) is 8.65. The summed E-state index contributed by atoms with van der Waals surface area (Å²) < 4.78 is 7.42. The second kappa shape index (κ2) is 7.47. The Morgan fingerprint density at radius 3 is 2.58 bits per heavy atom. The molecule has 124 valence electrons. The Kier molecular flexibility index (Phi) is 5.13. The average Bonchev–Trinajstić information content (AvgIpc) is 2.99. The van der Waals surface area contributed by atoms with Crippen LogP contribution in [0.5, 0.6) is 5.75 Å². The van der Waals surface area contributed by atoms with Gasteiger partial charge in [-0.3, -0.25) is 0 Å². The average molecular weight is 340 g/mol. The van der Waals surface area contributed by atoms with Crippen molar-refractivity contribution in [3.63, 3.8) is 0 Å². The fourth-order valence-electron chi connectivity index (χ4n) is 2.51. The lowest BCUT2D eigenvalue weighted by Crippen LogP contribution is -2.17. The molecular weight excluding hydrogens is 320 g/mol. The van der Waals surface area contributed by atoms with Gasteiger partial charge in [0.05, 0.1) is 19.4 Å². The molecule has 0 aliphatic carbocycles. The number of aromatic nitrogens is 1. The van der Waals surface area contributed by atoms with Gasteiger partial charge in [0.1, 0.15) is 11.4 Å². The minimum atomic E-state index is 0.0642. The number of aliphatic hydroxyl groups is 1. The minimum absolute atomic E-state index is 0.0642. The second-order valence-corrected chi connectivity index (χ2v) is 6.26. The molecule has 1 N–H and O–H groups in total. The number of methoxy groups -OCH3 is 1. The molecule has 0 radical (unpaired) electrons. The summed E-state index contributed by atoms with van der Waals surface area (Å²) in [4.78, 5) is 5.58. The molecule has 4 nitrogen and oxygen atoms in total. The van der Waals surface area contributed by atoms with Gasteiger partial charge in [0.15, 0.2) is 4.80 Å². The summed E-state index contributed by atoms with van der Waals surface area (Å²) in [5, 5.41) is 11.5. The quantitative estimate of drug-likeness (QED) is 0.769. The standard InChI is InChI=1S/C19H20N2O2S/c1-14-7-9-15(10-8-14)17-13-24-19(21(17)11-12-22)20-16-5-3-4-6-18(16)23-2/h3-10,13,22H,11-12H2,1-2H3. The number of benzene rings is 2. The molecule has 0 fully saturated rings. The lowest BCUT2D eigenvalue weighted by molar-refractivity contribution is 0.275. The molecular formula is C19H20N2O2S. The molecule has 0 spiro atoms. The number of thiazole rings is 1. The van der Waals surface area contributed by atoms with Crippen LogP contribution in [0.1, 0.15) is 5.56 Å². The normalized spacial score (nSPS) is 11.7. The Balaban J connectivity index is 2.12. The van der Waals surface area contributed by atoms with E-state index in [2.05, 4.69) is 36.6 Å². The van der Waals surface area contributed by atoms with Crippen LogP contribution in [0.15, 0.2) is 58.9 Å². The third-order valence-corrected chi connectivity index (χ3v) is 4.63. The van der Waals surface area contributed by atoms with E-state index in [1.54, 1.807) is 18.4 Å². The van der Waals surface area contributed by atoms with Crippen molar-refractivity contribution in [3.8, 4) is 17.0 Å². The minimum Gasteiger partial charge on any atom is -0.494 e. The summed E-state index contributed by atoms with van der Waals surface area (Å²) in [6.07, 6.45) is 0. The topological polar surface area (TPSA) is 46.8 Å². The molecule has 2 aromatic carbocycles. The highest BCUT2D eigenvalue weighted by molar-refractivity contribution is 7.07. The molecule has 5 heteroatoms. The first kappa shape index (κ1) is 16.5. The Morgan fingerprint density at radius 1 is 1.12 bits per heavy atom. The van der Waals surface area contributed by atoms with Crippen LogP contribution in [0.3, 0.4) is 0 Å². The molecule has 0 bridgehead atoms. The molecule has 0 saturated heterocycles. The van der Waals surface area contributed by atoms with E-state index in [0.717, 1.165) is 27.5 Å². The van der Waals surface area contributed by atoms with E-state index in [9.17, 15) is 5.11 Å². The first-order chi connectivity index (χ1) is 11.7. The Bertz CT molecular complexity index is 879. The van der Waals surface area contributed by atoms with Gasteiger partial charge in [-0.25, -0.2) is 4.99 Å². The predicted octanol–water partition coefficient (Wildman–Crippen LogP) is 3.76. The van der Waals surface area contributed by atoms with Crippen LogP contribution in [-0.2, 0) is 6.54 Å². The lowest BCUT2D eigenvalue weighted by atomic mass is 10.1. The van der Waals surface area contributed by atoms with E-state index in [1.807, 2.05) is 28.8 Å². The third kappa shape index (κ3) is 3.42. The van der Waals surface area contributed by atoms with Gasteiger partial charge in [0.25, 0.3) is 0 Å². The van der Waals surface area contributed by atoms with Crippen LogP contribution >= 0.6 is 11.3 Å². The Labute approximate surface area is 145 Å². The van der Waals surface area contributed by atoms with Crippen molar-refractivity contribution in [2.75, 3.05) is 13.7 Å². The first-order valence-electron chi connectivity index (χ1n) is 7.77. The largest absolute Gasteiger partial charge is 0.494 e. The zero-order valence-electron chi connectivity index (χ0n) is 13.8. The van der Waals surface area contributed by atoms with E-state index in [1.165, 1.54) is 5.56 Å². The summed E-state index contributed by atoms with van der Waals surface area (Å²) in [7, 11) is 1.64. The van der Waals surface area contributed by atoms with Crippen LogP contribution < -0.4 is 9.54 Å². The number of para-hydroxylation sites is 2. The number of hydrogen-bond acceptors (Lipinski definition) is 4. The summed E-state index contributed by atoms with van der Waals surface area (Å²) in [5.74, 6) is 0.735. The molecule has 0 unspecified atom stereocenters. The number of ether oxygens (including phenoxy) is 1. The van der Waals surface area contributed by atoms with Crippen molar-refractivity contribution in [2.24, 2.45) is 4.99 Å². The molecule has 0 aliphatic heterocycles. The van der Waals surface area contributed by atoms with Crippen LogP contribution in [0.25, 0.3) is 11.3 Å². The van der Waals surface area contributed by atoms with Gasteiger partial charge in [-0.2, -0.15) is 0 Å². The van der Waals surface area contributed by atoms with Gasteiger partial charge in [-0.15, -0.1) is 11.3 Å². The molecule has 1 heterocycles. The van der Waals surface area contributed by atoms with Crippen molar-refractivity contribution in [2.45, 2.75) is 13.5 Å². The molecule has 24 heavy (non-hydrogen) atoms. The van der Waals surface area contributed by atoms with Crippen LogP contribution in [0.4, 0.5) is 5.69 Å². The Hall–Kier alpha value is -2.37. The molecule has 0 saturated carbocycles. The number of aryl methyl sites for hydroxylation is 1. The van der Waals surface area contributed by atoms with E-state index in [0.29, 0.717) is 6.54 Å². The van der Waals surface area contributed by atoms with Crippen molar-refractivity contribution in [3.05, 3.63) is 64.3 Å². The van der Waals surface area contributed by atoms with Crippen LogP contribution in [-0.4, -0.2) is 23.4 Å². The maximum absolute atomic E-state index is 9.46. The van der Waals surface area contributed by atoms with E-state index in [-0.39, 0.29) is 6.61 Å². The molecule has 0 amide bonds. The fraction of sp³-hybridized carbons (Fsp3) is 0.211. The number of nitrogens with zero attached hydrogens (tertiary/aromatic N) is 2. The van der Waals surface area contributed by atoms with E-state index < -0.39 is 0 Å². The molecule has 1 aromatic heterocycles. The number of hydrogen-bond donors (Lipinski definition) is 1. The Morgan fingerprint density at radius 2 is 1.88 bits per heavy atom. The summed E-state index contributed by atoms with van der Waals surface area (Å²) >= 11 is 1.56. The molecule has 3 rings (SSSR count). The number of rotatable bonds is 5. The van der Waals surface area contributed by atoms with Crippen molar-refractivity contribution < 1.29 is 9.84 Å². The fourth-order valence-corrected chi connectivity index (χ4v) is 3.46. The zero-order valence-corrected chi connectivity index (χ0v) is 14.6. The second-order valence-electron chi connectivity index (χ2n) is 5.43. The lowest BCUT2D eigenvalue weighted by Gasteiger charge is -2.08. The summed E-state index contributed by atoms with van der Waals surface area (Å²) in [5.41, 5.74) is 4.18.